The molecule has 5 amide bonds. The average Bonchev–Trinajstić information content (AvgIpc) is 3.03. The molecule has 54 heavy (non-hydrogen) atoms. The highest BCUT2D eigenvalue weighted by Gasteiger charge is 2.34. The van der Waals surface area contributed by atoms with E-state index in [2.05, 4.69) is 31.9 Å². The average molecular weight is 773 g/mol. The Labute approximate surface area is 317 Å². The van der Waals surface area contributed by atoms with Gasteiger partial charge in [0.25, 0.3) is 0 Å². The summed E-state index contributed by atoms with van der Waals surface area (Å²) in [6.45, 7) is 11.4. The third-order valence-electron chi connectivity index (χ3n) is 7.79. The molecule has 0 spiro atoms. The molecule has 0 heterocycles. The number of unbranched alkanes of at least 4 members (excludes halogenated alkanes) is 2. The molecule has 0 fully saturated rings. The second-order valence-electron chi connectivity index (χ2n) is 15.3. The van der Waals surface area contributed by atoms with Gasteiger partial charge in [0.1, 0.15) is 24.2 Å². The summed E-state index contributed by atoms with van der Waals surface area (Å²) in [6, 6.07) is -6.37. The van der Waals surface area contributed by atoms with Gasteiger partial charge in [-0.15, -0.1) is 0 Å². The maximum absolute atomic E-state index is 13.7. The third-order valence-corrected chi connectivity index (χ3v) is 7.79. The van der Waals surface area contributed by atoms with Gasteiger partial charge < -0.3 is 58.7 Å². The quantitative estimate of drug-likeness (QED) is 0.0467. The van der Waals surface area contributed by atoms with Crippen LogP contribution in [0.1, 0.15) is 119 Å². The van der Waals surface area contributed by atoms with E-state index in [1.165, 1.54) is 0 Å². The van der Waals surface area contributed by atoms with Crippen molar-refractivity contribution >= 4 is 47.4 Å². The molecule has 0 bridgehead atoms. The summed E-state index contributed by atoms with van der Waals surface area (Å²) in [5, 5.41) is 43.8. The summed E-state index contributed by atoms with van der Waals surface area (Å²) >= 11 is 0. The molecule has 0 aliphatic heterocycles. The van der Waals surface area contributed by atoms with Crippen LogP contribution in [-0.4, -0.2) is 117 Å². The van der Waals surface area contributed by atoms with E-state index in [0.717, 1.165) is 0 Å². The van der Waals surface area contributed by atoms with Gasteiger partial charge in [0.05, 0.1) is 6.04 Å². The zero-order chi connectivity index (χ0) is 41.6. The Morgan fingerprint density at radius 1 is 0.444 bits per heavy atom. The van der Waals surface area contributed by atoms with Gasteiger partial charge in [-0.2, -0.15) is 0 Å². The molecule has 0 radical (unpaired) electrons. The lowest BCUT2D eigenvalue weighted by atomic mass is 10.0. The van der Waals surface area contributed by atoms with Gasteiger partial charge in [-0.3, -0.25) is 38.4 Å². The van der Waals surface area contributed by atoms with Crippen LogP contribution in [0.2, 0.25) is 0 Å². The van der Waals surface area contributed by atoms with E-state index in [1.54, 1.807) is 20.8 Å². The van der Waals surface area contributed by atoms with Gasteiger partial charge in [-0.1, -0.05) is 6.42 Å². The van der Waals surface area contributed by atoms with E-state index in [1.807, 2.05) is 20.8 Å². The van der Waals surface area contributed by atoms with Crippen LogP contribution < -0.4 is 43.4 Å². The van der Waals surface area contributed by atoms with Crippen molar-refractivity contribution in [2.45, 2.75) is 160 Å². The number of hydrogen-bond acceptors (Lipinski definition) is 11. The molecule has 0 rings (SSSR count). The maximum atomic E-state index is 13.7. The van der Waals surface area contributed by atoms with E-state index in [4.69, 9.17) is 11.5 Å². The molecule has 19 heteroatoms. The molecule has 0 aromatic rings. The molecular formula is C35H64N8O11. The molecule has 0 aliphatic carbocycles. The number of carboxylic acids is 3. The molecule has 0 aromatic heterocycles. The number of carbonyl (C=O) groups excluding carboxylic acids is 5. The Balaban J connectivity index is 6.42. The third kappa shape index (κ3) is 23.3. The SMILES string of the molecule is CC(C)(C)NC(=O)C(CCC(=O)O)NC(=O)C(CCC(=O)O)NC(=O)C(CCC(=O)O)NC(=O)C(CCCCN)NC(=O)C(CCCCN)NC(C)(C)C. The molecular weight excluding hydrogens is 708 g/mol. The van der Waals surface area contributed by atoms with Crippen LogP contribution in [0.15, 0.2) is 0 Å². The summed E-state index contributed by atoms with van der Waals surface area (Å²) in [5.74, 6) is -7.88. The zero-order valence-electron chi connectivity index (χ0n) is 32.5. The molecule has 0 saturated heterocycles. The minimum Gasteiger partial charge on any atom is -0.481 e. The number of carboxylic acid groups (broad SMARTS) is 3. The largest absolute Gasteiger partial charge is 0.481 e. The highest BCUT2D eigenvalue weighted by Crippen LogP contribution is 2.11. The topological polar surface area (TPSA) is 321 Å². The number of rotatable bonds is 27. The van der Waals surface area contributed by atoms with E-state index >= 15 is 0 Å². The van der Waals surface area contributed by atoms with E-state index in [-0.39, 0.29) is 12.8 Å². The Kier molecular flexibility index (Phi) is 22.9. The number of hydrogen-bond donors (Lipinski definition) is 11. The first kappa shape index (κ1) is 49.6. The lowest BCUT2D eigenvalue weighted by Gasteiger charge is -2.30. The zero-order valence-corrected chi connectivity index (χ0v) is 32.5. The predicted molar refractivity (Wildman–Crippen MR) is 199 cm³/mol. The Morgan fingerprint density at radius 3 is 1.04 bits per heavy atom. The predicted octanol–water partition coefficient (Wildman–Crippen LogP) is -0.551. The van der Waals surface area contributed by atoms with Crippen LogP contribution in [0.25, 0.3) is 0 Å². The van der Waals surface area contributed by atoms with Crippen molar-refractivity contribution in [3.8, 4) is 0 Å². The van der Waals surface area contributed by atoms with Crippen LogP contribution in [0, 0.1) is 0 Å². The number of nitrogens with two attached hydrogens (primary N) is 2. The fourth-order valence-electron chi connectivity index (χ4n) is 5.20. The van der Waals surface area contributed by atoms with Gasteiger partial charge in [0, 0.05) is 30.3 Å². The minimum atomic E-state index is -1.59. The monoisotopic (exact) mass is 772 g/mol. The lowest BCUT2D eigenvalue weighted by molar-refractivity contribution is -0.140. The highest BCUT2D eigenvalue weighted by atomic mass is 16.4. The molecule has 0 saturated carbocycles. The molecule has 13 N–H and O–H groups in total. The van der Waals surface area contributed by atoms with Crippen molar-refractivity contribution in [2.75, 3.05) is 13.1 Å². The first-order chi connectivity index (χ1) is 25.0. The van der Waals surface area contributed by atoms with Gasteiger partial charge in [0.2, 0.25) is 29.5 Å². The van der Waals surface area contributed by atoms with Gasteiger partial charge in [-0.05, 0) is 106 Å². The second-order valence-corrected chi connectivity index (χ2v) is 15.3. The van der Waals surface area contributed by atoms with Crippen LogP contribution in [0.5, 0.6) is 0 Å². The van der Waals surface area contributed by atoms with Crippen molar-refractivity contribution in [3.05, 3.63) is 0 Å². The van der Waals surface area contributed by atoms with Crippen LogP contribution in [0.3, 0.4) is 0 Å². The fourth-order valence-corrected chi connectivity index (χ4v) is 5.20. The van der Waals surface area contributed by atoms with Crippen LogP contribution >= 0.6 is 0 Å². The minimum absolute atomic E-state index is 0.130. The van der Waals surface area contributed by atoms with Crippen LogP contribution in [0.4, 0.5) is 0 Å². The molecule has 310 valence electrons. The van der Waals surface area contributed by atoms with Crippen molar-refractivity contribution in [1.82, 2.24) is 31.9 Å². The van der Waals surface area contributed by atoms with E-state index in [0.29, 0.717) is 45.2 Å². The fraction of sp³-hybridized carbons (Fsp3) is 0.771. The summed E-state index contributed by atoms with van der Waals surface area (Å²) in [5.41, 5.74) is 10.1. The smallest absolute Gasteiger partial charge is 0.303 e. The first-order valence-corrected chi connectivity index (χ1v) is 18.4. The maximum Gasteiger partial charge on any atom is 0.303 e. The van der Waals surface area contributed by atoms with Crippen molar-refractivity contribution < 1.29 is 53.7 Å². The molecule has 0 aliphatic rings. The van der Waals surface area contributed by atoms with Crippen LogP contribution in [-0.2, 0) is 38.4 Å². The second kappa shape index (κ2) is 24.9. The van der Waals surface area contributed by atoms with Crippen molar-refractivity contribution in [2.24, 2.45) is 11.5 Å². The number of amides is 5. The Morgan fingerprint density at radius 2 is 0.741 bits per heavy atom. The van der Waals surface area contributed by atoms with Gasteiger partial charge >= 0.3 is 17.9 Å². The molecule has 19 nitrogen and oxygen atoms in total. The molecule has 0 aromatic carbocycles. The first-order valence-electron chi connectivity index (χ1n) is 18.4. The Bertz CT molecular complexity index is 1270. The number of nitrogens with one attached hydrogen (secondary N) is 6. The number of carbonyl (C=O) groups is 8. The summed E-state index contributed by atoms with van der Waals surface area (Å²) < 4.78 is 0. The molecule has 5 atom stereocenters. The lowest BCUT2D eigenvalue weighted by Crippen LogP contribution is -2.60. The number of aliphatic carboxylic acids is 3. The summed E-state index contributed by atoms with van der Waals surface area (Å²) in [4.78, 5) is 102. The normalized spacial score (nSPS) is 14.4. The van der Waals surface area contributed by atoms with E-state index < -0.39 is 121 Å². The highest BCUT2D eigenvalue weighted by molar-refractivity contribution is 5.96. The van der Waals surface area contributed by atoms with Gasteiger partial charge in [-0.25, -0.2) is 0 Å². The molecule has 5 unspecified atom stereocenters. The van der Waals surface area contributed by atoms with Crippen molar-refractivity contribution in [3.63, 3.8) is 0 Å². The Hall–Kier alpha value is -4.36. The summed E-state index contributed by atoms with van der Waals surface area (Å²) in [6.07, 6.45) is -0.111. The van der Waals surface area contributed by atoms with E-state index in [9.17, 15) is 53.7 Å². The summed E-state index contributed by atoms with van der Waals surface area (Å²) in [7, 11) is 0. The van der Waals surface area contributed by atoms with Gasteiger partial charge in [0.15, 0.2) is 0 Å². The van der Waals surface area contributed by atoms with Crippen molar-refractivity contribution in [1.29, 1.82) is 0 Å². The standard InChI is InChI=1S/C35H64N8O11/c1-34(2,3)42-25(12-8-10-20-37)32(53)38-21(11-7-9-19-36)29(50)39-22(13-16-26(44)45)30(51)40-23(14-17-27(46)47)31(52)41-24(15-18-28(48)49)33(54)43-35(4,5)6/h21-25,42H,7-20,36-37H2,1-6H3,(H,38,53)(H,39,50)(H,40,51)(H,41,52)(H,43,54)(H,44,45)(H,46,47)(H,48,49).